The molecule has 1 aromatic heterocycles. The van der Waals surface area contributed by atoms with E-state index in [1.165, 1.54) is 30.6 Å². The third-order valence-corrected chi connectivity index (χ3v) is 3.76. The lowest BCUT2D eigenvalue weighted by Crippen LogP contribution is -2.31. The summed E-state index contributed by atoms with van der Waals surface area (Å²) < 4.78 is 36.3. The van der Waals surface area contributed by atoms with Crippen molar-refractivity contribution in [1.82, 2.24) is 15.0 Å². The van der Waals surface area contributed by atoms with Crippen LogP contribution in [0.25, 0.3) is 0 Å². The number of benzene rings is 1. The van der Waals surface area contributed by atoms with Gasteiger partial charge in [0.1, 0.15) is 12.1 Å². The Labute approximate surface area is 138 Å². The van der Waals surface area contributed by atoms with Crippen LogP contribution in [0, 0.1) is 0 Å². The Bertz CT molecular complexity index is 762. The highest BCUT2D eigenvalue weighted by molar-refractivity contribution is 7.85. The summed E-state index contributed by atoms with van der Waals surface area (Å²) in [5.74, 6) is 0.480. The summed E-state index contributed by atoms with van der Waals surface area (Å²) in [5.41, 5.74) is 0. The van der Waals surface area contributed by atoms with Crippen LogP contribution in [0.4, 0.5) is 5.95 Å². The molecule has 10 nitrogen and oxygen atoms in total. The minimum Gasteiger partial charge on any atom is -0.424 e. The summed E-state index contributed by atoms with van der Waals surface area (Å²) in [6.07, 6.45) is 1.21. The number of hydrogen-bond donors (Lipinski definition) is 3. The molecule has 1 aromatic carbocycles. The first kappa shape index (κ1) is 18.0. The van der Waals surface area contributed by atoms with Gasteiger partial charge in [-0.25, -0.2) is 4.98 Å². The number of aliphatic hydroxyl groups excluding tert-OH is 2. The average molecular weight is 356 g/mol. The predicted octanol–water partition coefficient (Wildman–Crippen LogP) is -0.298. The van der Waals surface area contributed by atoms with E-state index in [1.54, 1.807) is 4.90 Å². The third-order valence-electron chi connectivity index (χ3n) is 2.89. The second kappa shape index (κ2) is 7.97. The highest BCUT2D eigenvalue weighted by atomic mass is 32.2. The van der Waals surface area contributed by atoms with Crippen LogP contribution in [0.2, 0.25) is 0 Å². The van der Waals surface area contributed by atoms with E-state index in [4.69, 9.17) is 19.5 Å². The second-order valence-electron chi connectivity index (χ2n) is 4.55. The van der Waals surface area contributed by atoms with Gasteiger partial charge in [0.25, 0.3) is 10.1 Å². The molecular formula is C13H16N4O6S. The van der Waals surface area contributed by atoms with E-state index >= 15 is 0 Å². The number of hydrogen-bond acceptors (Lipinski definition) is 9. The predicted molar refractivity (Wildman–Crippen MR) is 82.5 cm³/mol. The summed E-state index contributed by atoms with van der Waals surface area (Å²) in [5, 5.41) is 18.1. The van der Waals surface area contributed by atoms with Crippen LogP contribution < -0.4 is 9.64 Å². The van der Waals surface area contributed by atoms with Gasteiger partial charge in [-0.3, -0.25) is 4.55 Å². The molecule has 24 heavy (non-hydrogen) atoms. The molecule has 0 saturated carbocycles. The fourth-order valence-electron chi connectivity index (χ4n) is 1.81. The van der Waals surface area contributed by atoms with Gasteiger partial charge in [-0.05, 0) is 24.3 Å². The Balaban J connectivity index is 2.17. The number of anilines is 1. The van der Waals surface area contributed by atoms with E-state index in [0.717, 1.165) is 0 Å². The van der Waals surface area contributed by atoms with E-state index in [0.29, 0.717) is 0 Å². The maximum Gasteiger partial charge on any atom is 0.326 e. The quantitative estimate of drug-likeness (QED) is 0.539. The summed E-state index contributed by atoms with van der Waals surface area (Å²) in [7, 11) is -4.27. The van der Waals surface area contributed by atoms with E-state index in [2.05, 4.69) is 15.0 Å². The molecule has 0 atom stereocenters. The number of nitrogens with zero attached hydrogens (tertiary/aromatic N) is 4. The highest BCUT2D eigenvalue weighted by Gasteiger charge is 2.12. The molecule has 1 heterocycles. The Kier molecular flexibility index (Phi) is 5.98. The van der Waals surface area contributed by atoms with Gasteiger partial charge in [-0.15, -0.1) is 0 Å². The van der Waals surface area contributed by atoms with Crippen molar-refractivity contribution in [1.29, 1.82) is 0 Å². The van der Waals surface area contributed by atoms with Gasteiger partial charge in [0, 0.05) is 13.1 Å². The van der Waals surface area contributed by atoms with E-state index < -0.39 is 10.1 Å². The minimum atomic E-state index is -4.27. The lowest BCUT2D eigenvalue weighted by Gasteiger charge is -2.20. The van der Waals surface area contributed by atoms with E-state index in [-0.39, 0.29) is 48.9 Å². The van der Waals surface area contributed by atoms with E-state index in [9.17, 15) is 8.42 Å². The molecule has 130 valence electrons. The van der Waals surface area contributed by atoms with Crippen molar-refractivity contribution < 1.29 is 27.9 Å². The van der Waals surface area contributed by atoms with Crippen molar-refractivity contribution >= 4 is 16.1 Å². The monoisotopic (exact) mass is 356 g/mol. The Hall–Kier alpha value is -2.34. The zero-order valence-electron chi connectivity index (χ0n) is 12.5. The highest BCUT2D eigenvalue weighted by Crippen LogP contribution is 2.21. The maximum absolute atomic E-state index is 11.0. The second-order valence-corrected chi connectivity index (χ2v) is 5.97. The van der Waals surface area contributed by atoms with Gasteiger partial charge in [0.15, 0.2) is 0 Å². The van der Waals surface area contributed by atoms with Crippen LogP contribution in [0.3, 0.4) is 0 Å². The lowest BCUT2D eigenvalue weighted by atomic mass is 10.3. The first-order valence-electron chi connectivity index (χ1n) is 6.85. The molecule has 0 aliphatic carbocycles. The van der Waals surface area contributed by atoms with Crippen molar-refractivity contribution in [2.24, 2.45) is 0 Å². The summed E-state index contributed by atoms with van der Waals surface area (Å²) in [6, 6.07) is 4.99. The van der Waals surface area contributed by atoms with Gasteiger partial charge >= 0.3 is 6.01 Å². The molecule has 0 fully saturated rings. The zero-order valence-corrected chi connectivity index (χ0v) is 13.3. The Morgan fingerprint density at radius 2 is 1.67 bits per heavy atom. The SMILES string of the molecule is O=S(=O)(O)c1ccc(Oc2ncnc(N(CCO)CCO)n2)cc1. The maximum atomic E-state index is 11.0. The number of aromatic nitrogens is 3. The number of rotatable bonds is 8. The first-order chi connectivity index (χ1) is 11.4. The van der Waals surface area contributed by atoms with Crippen LogP contribution in [0.5, 0.6) is 11.8 Å². The molecular weight excluding hydrogens is 340 g/mol. The Morgan fingerprint density at radius 3 is 2.21 bits per heavy atom. The van der Waals surface area contributed by atoms with Crippen molar-refractivity contribution in [2.45, 2.75) is 4.90 Å². The normalized spacial score (nSPS) is 11.3. The van der Waals surface area contributed by atoms with Crippen LogP contribution in [-0.4, -0.2) is 64.4 Å². The molecule has 11 heteroatoms. The molecule has 0 saturated heterocycles. The minimum absolute atomic E-state index is 0.0412. The summed E-state index contributed by atoms with van der Waals surface area (Å²) in [6.45, 7) is 0.179. The van der Waals surface area contributed by atoms with E-state index in [1.807, 2.05) is 0 Å². The van der Waals surface area contributed by atoms with Crippen LogP contribution in [0.1, 0.15) is 0 Å². The number of aliphatic hydroxyl groups is 2. The fraction of sp³-hybridized carbons (Fsp3) is 0.308. The smallest absolute Gasteiger partial charge is 0.326 e. The average Bonchev–Trinajstić information content (AvgIpc) is 2.54. The molecule has 2 aromatic rings. The molecule has 3 N–H and O–H groups in total. The van der Waals surface area contributed by atoms with Crippen molar-refractivity contribution in [3.8, 4) is 11.8 Å². The molecule has 0 aliphatic rings. The van der Waals surface area contributed by atoms with Gasteiger partial charge in [-0.1, -0.05) is 0 Å². The first-order valence-corrected chi connectivity index (χ1v) is 8.29. The molecule has 0 unspecified atom stereocenters. The number of ether oxygens (including phenoxy) is 1. The molecule has 0 aliphatic heterocycles. The van der Waals surface area contributed by atoms with Gasteiger partial charge in [0.05, 0.1) is 18.1 Å². The van der Waals surface area contributed by atoms with Gasteiger partial charge in [0.2, 0.25) is 5.95 Å². The molecule has 0 amide bonds. The molecule has 0 spiro atoms. The Morgan fingerprint density at radius 1 is 1.04 bits per heavy atom. The molecule has 0 radical (unpaired) electrons. The van der Waals surface area contributed by atoms with Gasteiger partial charge in [-0.2, -0.15) is 18.4 Å². The summed E-state index contributed by atoms with van der Waals surface area (Å²) in [4.78, 5) is 13.2. The van der Waals surface area contributed by atoms with Crippen molar-refractivity contribution in [3.63, 3.8) is 0 Å². The molecule has 2 rings (SSSR count). The zero-order chi connectivity index (χ0) is 17.6. The van der Waals surface area contributed by atoms with Crippen LogP contribution >= 0.6 is 0 Å². The topological polar surface area (TPSA) is 146 Å². The van der Waals surface area contributed by atoms with Crippen molar-refractivity contribution in [3.05, 3.63) is 30.6 Å². The van der Waals surface area contributed by atoms with Crippen LogP contribution in [-0.2, 0) is 10.1 Å². The van der Waals surface area contributed by atoms with Crippen LogP contribution in [0.15, 0.2) is 35.5 Å². The summed E-state index contributed by atoms with van der Waals surface area (Å²) >= 11 is 0. The van der Waals surface area contributed by atoms with Crippen molar-refractivity contribution in [2.75, 3.05) is 31.2 Å². The lowest BCUT2D eigenvalue weighted by molar-refractivity contribution is 0.279. The fourth-order valence-corrected chi connectivity index (χ4v) is 2.29. The van der Waals surface area contributed by atoms with Gasteiger partial charge < -0.3 is 19.8 Å². The third kappa shape index (κ3) is 4.83. The standard InChI is InChI=1S/C13H16N4O6S/c18-7-5-17(6-8-19)12-14-9-15-13(16-12)23-10-1-3-11(4-2-10)24(20,21)22/h1-4,9,18-19H,5-8H2,(H,20,21,22). The largest absolute Gasteiger partial charge is 0.424 e. The molecule has 0 bridgehead atoms.